The molecule has 0 saturated heterocycles. The van der Waals surface area contributed by atoms with E-state index in [0.29, 0.717) is 46.7 Å². The van der Waals surface area contributed by atoms with E-state index in [1.807, 2.05) is 0 Å². The summed E-state index contributed by atoms with van der Waals surface area (Å²) >= 11 is 0. The third kappa shape index (κ3) is 4.06. The van der Waals surface area contributed by atoms with Gasteiger partial charge in [0.1, 0.15) is 0 Å². The van der Waals surface area contributed by atoms with Crippen LogP contribution >= 0.6 is 0 Å². The summed E-state index contributed by atoms with van der Waals surface area (Å²) in [6.45, 7) is 0.369. The van der Waals surface area contributed by atoms with Gasteiger partial charge in [0, 0.05) is 19.0 Å². The maximum atomic E-state index is 12.7. The number of carbonyl (C=O) groups excluding carboxylic acids is 1. The molecule has 2 aromatic carbocycles. The maximum absolute atomic E-state index is 12.7. The van der Waals surface area contributed by atoms with Crippen LogP contribution in [-0.4, -0.2) is 29.7 Å². The minimum Gasteiger partial charge on any atom is -0.493 e. The number of rotatable bonds is 7. The Morgan fingerprint density at radius 1 is 1.18 bits per heavy atom. The molecule has 0 aliphatic rings. The number of ether oxygens (including phenoxy) is 2. The first-order valence-corrected chi connectivity index (χ1v) is 8.79. The normalized spacial score (nSPS) is 10.6. The van der Waals surface area contributed by atoms with E-state index in [-0.39, 0.29) is 17.9 Å². The molecule has 0 spiro atoms. The fraction of sp³-hybridized carbons (Fsp3) is 0.250. The van der Waals surface area contributed by atoms with Crippen molar-refractivity contribution in [3.63, 3.8) is 0 Å². The molecule has 3 N–H and O–H groups in total. The van der Waals surface area contributed by atoms with Crippen LogP contribution in [0.5, 0.6) is 11.5 Å². The van der Waals surface area contributed by atoms with E-state index in [0.717, 1.165) is 0 Å². The molecule has 0 aliphatic heterocycles. The van der Waals surface area contributed by atoms with Crippen molar-refractivity contribution in [2.24, 2.45) is 0 Å². The number of hydrogen-bond donors (Lipinski definition) is 2. The minimum absolute atomic E-state index is 0.161. The van der Waals surface area contributed by atoms with Crippen molar-refractivity contribution >= 4 is 28.2 Å². The zero-order valence-electron chi connectivity index (χ0n) is 15.8. The highest BCUT2D eigenvalue weighted by molar-refractivity contribution is 5.93. The molecule has 0 saturated carbocycles. The van der Waals surface area contributed by atoms with Crippen molar-refractivity contribution in [2.75, 3.05) is 25.3 Å². The van der Waals surface area contributed by atoms with Crippen LogP contribution in [0.4, 0.5) is 11.4 Å². The van der Waals surface area contributed by atoms with Gasteiger partial charge in [-0.1, -0.05) is 12.1 Å². The lowest BCUT2D eigenvalue weighted by molar-refractivity contribution is -0.116. The number of nitrogen functional groups attached to an aromatic ring is 1. The Morgan fingerprint density at radius 3 is 2.61 bits per heavy atom. The standard InChI is InChI=1S/C20H22N4O4/c1-27-17-10-13-16(11-18(17)28-2)22-12-24(20(13)26)9-5-8-19(25)23-15-7-4-3-6-14(15)21/h3-4,6-7,10-12H,5,8-9,21H2,1-2H3,(H,23,25). The first kappa shape index (κ1) is 19.2. The maximum Gasteiger partial charge on any atom is 0.261 e. The predicted octanol–water partition coefficient (Wildman–Crippen LogP) is 2.41. The Balaban J connectivity index is 1.69. The zero-order chi connectivity index (χ0) is 20.1. The lowest BCUT2D eigenvalue weighted by Crippen LogP contribution is -2.22. The molecule has 0 bridgehead atoms. The van der Waals surface area contributed by atoms with E-state index in [1.165, 1.54) is 25.1 Å². The molecule has 1 aromatic heterocycles. The first-order valence-electron chi connectivity index (χ1n) is 8.79. The second-order valence-corrected chi connectivity index (χ2v) is 6.21. The Hall–Kier alpha value is -3.55. The number of benzene rings is 2. The van der Waals surface area contributed by atoms with Gasteiger partial charge in [-0.15, -0.1) is 0 Å². The summed E-state index contributed by atoms with van der Waals surface area (Å²) in [5.41, 5.74) is 7.24. The van der Waals surface area contributed by atoms with Gasteiger partial charge in [-0.05, 0) is 24.6 Å². The molecule has 1 heterocycles. The van der Waals surface area contributed by atoms with Crippen LogP contribution < -0.4 is 26.1 Å². The van der Waals surface area contributed by atoms with Gasteiger partial charge in [0.05, 0.1) is 42.8 Å². The number of nitrogens with zero attached hydrogens (tertiary/aromatic N) is 2. The third-order valence-electron chi connectivity index (χ3n) is 4.37. The quantitative estimate of drug-likeness (QED) is 0.608. The van der Waals surface area contributed by atoms with E-state index in [2.05, 4.69) is 10.3 Å². The molecule has 3 aromatic rings. The van der Waals surface area contributed by atoms with Gasteiger partial charge < -0.3 is 20.5 Å². The van der Waals surface area contributed by atoms with Crippen LogP contribution in [0.25, 0.3) is 10.9 Å². The van der Waals surface area contributed by atoms with Crippen LogP contribution in [-0.2, 0) is 11.3 Å². The number of anilines is 2. The van der Waals surface area contributed by atoms with Crippen LogP contribution in [0.3, 0.4) is 0 Å². The SMILES string of the molecule is COc1cc2ncn(CCCC(=O)Nc3ccccc3N)c(=O)c2cc1OC. The third-order valence-corrected chi connectivity index (χ3v) is 4.37. The molecule has 1 amide bonds. The van der Waals surface area contributed by atoms with Crippen LogP contribution in [0.1, 0.15) is 12.8 Å². The molecule has 146 valence electrons. The second-order valence-electron chi connectivity index (χ2n) is 6.21. The molecule has 0 unspecified atom stereocenters. The van der Waals surface area contributed by atoms with Crippen molar-refractivity contribution in [3.05, 3.63) is 53.1 Å². The molecular weight excluding hydrogens is 360 g/mol. The molecule has 0 atom stereocenters. The lowest BCUT2D eigenvalue weighted by Gasteiger charge is -2.11. The van der Waals surface area contributed by atoms with Crippen LogP contribution in [0, 0.1) is 0 Å². The van der Waals surface area contributed by atoms with Crippen LogP contribution in [0.15, 0.2) is 47.5 Å². The summed E-state index contributed by atoms with van der Waals surface area (Å²) in [5.74, 6) is 0.814. The Bertz CT molecular complexity index is 1060. The van der Waals surface area contributed by atoms with Gasteiger partial charge >= 0.3 is 0 Å². The number of aromatic nitrogens is 2. The number of aryl methyl sites for hydroxylation is 1. The molecule has 0 radical (unpaired) electrons. The molecule has 28 heavy (non-hydrogen) atoms. The van der Waals surface area contributed by atoms with Gasteiger partial charge in [0.15, 0.2) is 11.5 Å². The van der Waals surface area contributed by atoms with Crippen molar-refractivity contribution in [2.45, 2.75) is 19.4 Å². The highest BCUT2D eigenvalue weighted by Crippen LogP contribution is 2.29. The van der Waals surface area contributed by atoms with Gasteiger partial charge in [0.25, 0.3) is 5.56 Å². The molecule has 0 aliphatic carbocycles. The summed E-state index contributed by atoms with van der Waals surface area (Å²) in [4.78, 5) is 29.1. The summed E-state index contributed by atoms with van der Waals surface area (Å²) in [6, 6.07) is 10.3. The monoisotopic (exact) mass is 382 g/mol. The Morgan fingerprint density at radius 2 is 1.89 bits per heavy atom. The average Bonchev–Trinajstić information content (AvgIpc) is 2.70. The number of amides is 1. The van der Waals surface area contributed by atoms with Gasteiger partial charge in [-0.2, -0.15) is 0 Å². The molecule has 8 heteroatoms. The number of carbonyl (C=O) groups is 1. The number of fused-ring (bicyclic) bond motifs is 1. The van der Waals surface area contributed by atoms with Gasteiger partial charge in [-0.3, -0.25) is 14.2 Å². The van der Waals surface area contributed by atoms with Crippen molar-refractivity contribution in [1.82, 2.24) is 9.55 Å². The zero-order valence-corrected chi connectivity index (χ0v) is 15.8. The lowest BCUT2D eigenvalue weighted by atomic mass is 10.2. The van der Waals surface area contributed by atoms with Crippen molar-refractivity contribution in [1.29, 1.82) is 0 Å². The summed E-state index contributed by atoms with van der Waals surface area (Å²) in [7, 11) is 3.04. The topological polar surface area (TPSA) is 108 Å². The summed E-state index contributed by atoms with van der Waals surface area (Å²) in [6.07, 6.45) is 2.22. The highest BCUT2D eigenvalue weighted by atomic mass is 16.5. The molecular formula is C20H22N4O4. The largest absolute Gasteiger partial charge is 0.493 e. The molecule has 3 rings (SSSR count). The molecule has 0 fully saturated rings. The average molecular weight is 382 g/mol. The van der Waals surface area contributed by atoms with E-state index in [9.17, 15) is 9.59 Å². The predicted molar refractivity (Wildman–Crippen MR) is 108 cm³/mol. The Kier molecular flexibility index (Phi) is 5.78. The van der Waals surface area contributed by atoms with E-state index < -0.39 is 0 Å². The number of nitrogens with two attached hydrogens (primary N) is 1. The highest BCUT2D eigenvalue weighted by Gasteiger charge is 2.11. The summed E-state index contributed by atoms with van der Waals surface area (Å²) < 4.78 is 12.0. The number of methoxy groups -OCH3 is 2. The second kappa shape index (κ2) is 8.43. The van der Waals surface area contributed by atoms with E-state index in [4.69, 9.17) is 15.2 Å². The van der Waals surface area contributed by atoms with E-state index in [1.54, 1.807) is 36.4 Å². The number of nitrogens with one attached hydrogen (secondary N) is 1. The number of para-hydroxylation sites is 2. The minimum atomic E-state index is -0.196. The fourth-order valence-corrected chi connectivity index (χ4v) is 2.88. The van der Waals surface area contributed by atoms with Crippen molar-refractivity contribution in [3.8, 4) is 11.5 Å². The van der Waals surface area contributed by atoms with Gasteiger partial charge in [-0.25, -0.2) is 4.98 Å². The smallest absolute Gasteiger partial charge is 0.261 e. The first-order chi connectivity index (χ1) is 13.5. The Labute approximate surface area is 161 Å². The summed E-state index contributed by atoms with van der Waals surface area (Å²) in [5, 5.41) is 3.20. The van der Waals surface area contributed by atoms with Gasteiger partial charge in [0.2, 0.25) is 5.91 Å². The molecule has 8 nitrogen and oxygen atoms in total. The van der Waals surface area contributed by atoms with Crippen LogP contribution in [0.2, 0.25) is 0 Å². The van der Waals surface area contributed by atoms with Crippen molar-refractivity contribution < 1.29 is 14.3 Å². The van der Waals surface area contributed by atoms with E-state index >= 15 is 0 Å². The fourth-order valence-electron chi connectivity index (χ4n) is 2.88. The number of hydrogen-bond acceptors (Lipinski definition) is 6.